The van der Waals surface area contributed by atoms with Gasteiger partial charge in [0.2, 0.25) is 0 Å². The van der Waals surface area contributed by atoms with E-state index in [1.54, 1.807) is 0 Å². The Morgan fingerprint density at radius 1 is 1.00 bits per heavy atom. The van der Waals surface area contributed by atoms with Crippen molar-refractivity contribution in [3.05, 3.63) is 84.7 Å². The summed E-state index contributed by atoms with van der Waals surface area (Å²) in [5.41, 5.74) is 4.66. The molecular formula is C22H20N2O. The maximum absolute atomic E-state index is 5.63. The Balaban J connectivity index is 1.72. The average molecular weight is 328 g/mol. The van der Waals surface area contributed by atoms with Gasteiger partial charge in [-0.1, -0.05) is 36.4 Å². The third-order valence-corrected chi connectivity index (χ3v) is 4.29. The van der Waals surface area contributed by atoms with Gasteiger partial charge < -0.3 is 9.64 Å². The van der Waals surface area contributed by atoms with Crippen molar-refractivity contribution in [3.8, 4) is 16.9 Å². The number of hydrogen-bond donors (Lipinski definition) is 0. The van der Waals surface area contributed by atoms with Gasteiger partial charge >= 0.3 is 0 Å². The summed E-state index contributed by atoms with van der Waals surface area (Å²) in [4.78, 5) is 6.72. The first kappa shape index (κ1) is 15.5. The lowest BCUT2D eigenvalue weighted by molar-refractivity contribution is 0.340. The molecule has 0 aliphatic carbocycles. The highest BCUT2D eigenvalue weighted by molar-refractivity contribution is 5.74. The Morgan fingerprint density at radius 3 is 2.72 bits per heavy atom. The van der Waals surface area contributed by atoms with Gasteiger partial charge in [-0.05, 0) is 60.4 Å². The largest absolute Gasteiger partial charge is 0.494 e. The number of fused-ring (bicyclic) bond motifs is 1. The lowest BCUT2D eigenvalue weighted by Crippen LogP contribution is -2.15. The fourth-order valence-electron chi connectivity index (χ4n) is 3.14. The number of hydrogen-bond acceptors (Lipinski definition) is 3. The van der Waals surface area contributed by atoms with Gasteiger partial charge in [-0.15, -0.1) is 0 Å². The van der Waals surface area contributed by atoms with Crippen LogP contribution in [0.2, 0.25) is 0 Å². The quantitative estimate of drug-likeness (QED) is 0.645. The van der Waals surface area contributed by atoms with Crippen molar-refractivity contribution < 1.29 is 4.74 Å². The molecule has 25 heavy (non-hydrogen) atoms. The number of rotatable bonds is 4. The molecule has 1 aliphatic rings. The van der Waals surface area contributed by atoms with Gasteiger partial charge in [0.1, 0.15) is 11.6 Å². The van der Waals surface area contributed by atoms with E-state index in [1.807, 2.05) is 31.3 Å². The van der Waals surface area contributed by atoms with Crippen LogP contribution >= 0.6 is 0 Å². The molecule has 3 nitrogen and oxygen atoms in total. The predicted molar refractivity (Wildman–Crippen MR) is 102 cm³/mol. The molecule has 0 radical (unpaired) electrons. The monoisotopic (exact) mass is 328 g/mol. The van der Waals surface area contributed by atoms with Crippen molar-refractivity contribution in [3.63, 3.8) is 0 Å². The molecule has 3 heteroatoms. The second kappa shape index (κ2) is 6.81. The SMILES string of the molecule is CCOc1cccc(-c2cccc(N3C=CCc4cccnc43)c2)c1. The second-order valence-corrected chi connectivity index (χ2v) is 5.96. The van der Waals surface area contributed by atoms with E-state index in [-0.39, 0.29) is 0 Å². The van der Waals surface area contributed by atoms with Gasteiger partial charge in [-0.25, -0.2) is 4.98 Å². The molecule has 2 aromatic carbocycles. The molecule has 0 spiro atoms. The van der Waals surface area contributed by atoms with E-state index in [4.69, 9.17) is 4.74 Å². The predicted octanol–water partition coefficient (Wildman–Crippen LogP) is 5.36. The summed E-state index contributed by atoms with van der Waals surface area (Å²) in [6, 6.07) is 20.9. The summed E-state index contributed by atoms with van der Waals surface area (Å²) in [5, 5.41) is 0. The fraction of sp³-hybridized carbons (Fsp3) is 0.136. The van der Waals surface area contributed by atoms with Crippen LogP contribution in [0.1, 0.15) is 12.5 Å². The van der Waals surface area contributed by atoms with Gasteiger partial charge in [-0.2, -0.15) is 0 Å². The van der Waals surface area contributed by atoms with Crippen molar-refractivity contribution in [2.24, 2.45) is 0 Å². The smallest absolute Gasteiger partial charge is 0.140 e. The first-order valence-corrected chi connectivity index (χ1v) is 8.58. The molecule has 3 aromatic rings. The highest BCUT2D eigenvalue weighted by Crippen LogP contribution is 2.33. The third kappa shape index (κ3) is 3.13. The lowest BCUT2D eigenvalue weighted by atomic mass is 10.0. The van der Waals surface area contributed by atoms with Crippen molar-refractivity contribution in [2.75, 3.05) is 11.5 Å². The number of nitrogens with zero attached hydrogens (tertiary/aromatic N) is 2. The van der Waals surface area contributed by atoms with Gasteiger partial charge in [-0.3, -0.25) is 0 Å². The summed E-state index contributed by atoms with van der Waals surface area (Å²) in [7, 11) is 0. The number of anilines is 2. The zero-order chi connectivity index (χ0) is 17.1. The number of pyridine rings is 1. The van der Waals surface area contributed by atoms with E-state index in [0.717, 1.165) is 34.8 Å². The molecule has 0 bridgehead atoms. The van der Waals surface area contributed by atoms with Crippen molar-refractivity contribution in [1.29, 1.82) is 0 Å². The average Bonchev–Trinajstić information content (AvgIpc) is 2.68. The van der Waals surface area contributed by atoms with Crippen LogP contribution in [0.3, 0.4) is 0 Å². The molecule has 4 rings (SSSR count). The minimum absolute atomic E-state index is 0.671. The summed E-state index contributed by atoms with van der Waals surface area (Å²) < 4.78 is 5.63. The van der Waals surface area contributed by atoms with Crippen molar-refractivity contribution >= 4 is 11.5 Å². The van der Waals surface area contributed by atoms with Crippen LogP contribution in [0.4, 0.5) is 11.5 Å². The highest BCUT2D eigenvalue weighted by Gasteiger charge is 2.15. The van der Waals surface area contributed by atoms with E-state index in [1.165, 1.54) is 5.56 Å². The van der Waals surface area contributed by atoms with E-state index in [9.17, 15) is 0 Å². The van der Waals surface area contributed by atoms with E-state index < -0.39 is 0 Å². The molecule has 124 valence electrons. The molecule has 0 fully saturated rings. The van der Waals surface area contributed by atoms with E-state index in [0.29, 0.717) is 6.61 Å². The van der Waals surface area contributed by atoms with Crippen LogP contribution in [0, 0.1) is 0 Å². The number of ether oxygens (including phenoxy) is 1. The van der Waals surface area contributed by atoms with Crippen LogP contribution in [0.25, 0.3) is 11.1 Å². The third-order valence-electron chi connectivity index (χ3n) is 4.29. The molecule has 0 N–H and O–H groups in total. The first-order chi connectivity index (χ1) is 12.3. The number of allylic oxidation sites excluding steroid dienone is 1. The van der Waals surface area contributed by atoms with Gasteiger partial charge in [0.05, 0.1) is 6.61 Å². The number of benzene rings is 2. The van der Waals surface area contributed by atoms with Gasteiger partial charge in [0.25, 0.3) is 0 Å². The van der Waals surface area contributed by atoms with Crippen molar-refractivity contribution in [2.45, 2.75) is 13.3 Å². The van der Waals surface area contributed by atoms with Crippen LogP contribution in [-0.2, 0) is 6.42 Å². The lowest BCUT2D eigenvalue weighted by Gasteiger charge is -2.25. The standard InChI is InChI=1S/C22H20N2O/c1-2-25-21-12-4-8-19(16-21)18-7-3-11-20(15-18)24-14-6-10-17-9-5-13-23-22(17)24/h3-9,11-16H,2,10H2,1H3. The highest BCUT2D eigenvalue weighted by atomic mass is 16.5. The molecular weight excluding hydrogens is 308 g/mol. The second-order valence-electron chi connectivity index (χ2n) is 5.96. The molecule has 2 heterocycles. The molecule has 0 amide bonds. The maximum atomic E-state index is 5.63. The summed E-state index contributed by atoms with van der Waals surface area (Å²) in [5.74, 6) is 1.90. The molecule has 0 saturated carbocycles. The summed E-state index contributed by atoms with van der Waals surface area (Å²) >= 11 is 0. The van der Waals surface area contributed by atoms with Crippen LogP contribution in [0.15, 0.2) is 79.1 Å². The Morgan fingerprint density at radius 2 is 1.84 bits per heavy atom. The summed E-state index contributed by atoms with van der Waals surface area (Å²) in [6.07, 6.45) is 7.05. The van der Waals surface area contributed by atoms with Crippen LogP contribution in [-0.4, -0.2) is 11.6 Å². The topological polar surface area (TPSA) is 25.4 Å². The Kier molecular flexibility index (Phi) is 4.21. The first-order valence-electron chi connectivity index (χ1n) is 8.58. The summed E-state index contributed by atoms with van der Waals surface area (Å²) in [6.45, 7) is 2.67. The van der Waals surface area contributed by atoms with E-state index >= 15 is 0 Å². The molecule has 0 atom stereocenters. The Hall–Kier alpha value is -3.07. The minimum atomic E-state index is 0.671. The van der Waals surface area contributed by atoms with Gasteiger partial charge in [0.15, 0.2) is 0 Å². The maximum Gasteiger partial charge on any atom is 0.140 e. The molecule has 0 saturated heterocycles. The zero-order valence-corrected chi connectivity index (χ0v) is 14.2. The molecule has 0 unspecified atom stereocenters. The normalized spacial score (nSPS) is 12.8. The number of aromatic nitrogens is 1. The molecule has 1 aromatic heterocycles. The Bertz CT molecular complexity index is 917. The van der Waals surface area contributed by atoms with Crippen LogP contribution in [0.5, 0.6) is 5.75 Å². The zero-order valence-electron chi connectivity index (χ0n) is 14.2. The van der Waals surface area contributed by atoms with Gasteiger partial charge in [0, 0.05) is 18.1 Å². The van der Waals surface area contributed by atoms with Crippen molar-refractivity contribution in [1.82, 2.24) is 4.98 Å². The van der Waals surface area contributed by atoms with Crippen LogP contribution < -0.4 is 9.64 Å². The molecule has 1 aliphatic heterocycles. The minimum Gasteiger partial charge on any atom is -0.494 e. The van der Waals surface area contributed by atoms with E-state index in [2.05, 4.69) is 64.6 Å². The fourth-order valence-corrected chi connectivity index (χ4v) is 3.14. The Labute approximate surface area is 148 Å².